The van der Waals surface area contributed by atoms with E-state index in [1.807, 2.05) is 13.0 Å². The lowest BCUT2D eigenvalue weighted by Crippen LogP contribution is -1.91. The van der Waals surface area contributed by atoms with Gasteiger partial charge in [-0.25, -0.2) is 4.98 Å². The highest BCUT2D eigenvalue weighted by molar-refractivity contribution is 9.10. The average Bonchev–Trinajstić information content (AvgIpc) is 2.34. The summed E-state index contributed by atoms with van der Waals surface area (Å²) >= 11 is 3.35. The zero-order chi connectivity index (χ0) is 13.1. The van der Waals surface area contributed by atoms with Crippen LogP contribution in [0.4, 0.5) is 5.69 Å². The molecule has 2 aromatic rings. The van der Waals surface area contributed by atoms with Gasteiger partial charge in [0, 0.05) is 22.7 Å². The molecule has 0 unspecified atom stereocenters. The molecular weight excluding hydrogens is 300 g/mol. The third-order valence-corrected chi connectivity index (χ3v) is 3.10. The second-order valence-electron chi connectivity index (χ2n) is 3.57. The molecule has 0 saturated carbocycles. The van der Waals surface area contributed by atoms with Crippen molar-refractivity contribution in [2.45, 2.75) is 6.92 Å². The first kappa shape index (κ1) is 12.5. The third kappa shape index (κ3) is 2.84. The Morgan fingerprint density at radius 3 is 2.44 bits per heavy atom. The minimum Gasteiger partial charge on any atom is -0.439 e. The molecule has 1 aromatic carbocycles. The lowest BCUT2D eigenvalue weighted by molar-refractivity contribution is -0.384. The molecule has 1 aromatic heterocycles. The predicted octanol–water partition coefficient (Wildman–Crippen LogP) is 3.85. The Kier molecular flexibility index (Phi) is 3.57. The number of aromatic nitrogens is 1. The number of non-ortho nitro benzene ring substituents is 1. The number of aryl methyl sites for hydroxylation is 1. The Hall–Kier alpha value is -1.95. The number of halogens is 1. The Morgan fingerprint density at radius 2 is 1.89 bits per heavy atom. The van der Waals surface area contributed by atoms with Crippen LogP contribution < -0.4 is 4.74 Å². The molecule has 5 nitrogen and oxygen atoms in total. The molecule has 0 aliphatic rings. The second kappa shape index (κ2) is 5.14. The molecule has 92 valence electrons. The maximum Gasteiger partial charge on any atom is 0.269 e. The molecule has 18 heavy (non-hydrogen) atoms. The summed E-state index contributed by atoms with van der Waals surface area (Å²) in [6.07, 6.45) is 0. The molecule has 0 fully saturated rings. The molecule has 0 spiro atoms. The van der Waals surface area contributed by atoms with Gasteiger partial charge in [0.05, 0.1) is 10.6 Å². The lowest BCUT2D eigenvalue weighted by Gasteiger charge is -2.05. The normalized spacial score (nSPS) is 10.1. The van der Waals surface area contributed by atoms with Crippen LogP contribution in [-0.4, -0.2) is 9.91 Å². The topological polar surface area (TPSA) is 65.3 Å². The number of hydrogen-bond donors (Lipinski definition) is 0. The first-order chi connectivity index (χ1) is 8.56. The fourth-order valence-electron chi connectivity index (χ4n) is 1.33. The van der Waals surface area contributed by atoms with Crippen LogP contribution in [0.5, 0.6) is 11.6 Å². The van der Waals surface area contributed by atoms with Crippen LogP contribution in [0.15, 0.2) is 40.9 Å². The molecule has 6 heteroatoms. The number of rotatable bonds is 3. The van der Waals surface area contributed by atoms with Gasteiger partial charge < -0.3 is 4.74 Å². The second-order valence-corrected chi connectivity index (χ2v) is 4.42. The zero-order valence-electron chi connectivity index (χ0n) is 9.46. The van der Waals surface area contributed by atoms with E-state index in [1.165, 1.54) is 24.3 Å². The number of hydrogen-bond acceptors (Lipinski definition) is 4. The summed E-state index contributed by atoms with van der Waals surface area (Å²) in [5, 5.41) is 10.5. The Morgan fingerprint density at radius 1 is 1.22 bits per heavy atom. The van der Waals surface area contributed by atoms with Crippen molar-refractivity contribution in [1.29, 1.82) is 0 Å². The van der Waals surface area contributed by atoms with Crippen LogP contribution in [0.2, 0.25) is 0 Å². The monoisotopic (exact) mass is 308 g/mol. The highest BCUT2D eigenvalue weighted by Gasteiger charge is 2.06. The van der Waals surface area contributed by atoms with Gasteiger partial charge in [0.15, 0.2) is 0 Å². The number of nitro groups is 1. The summed E-state index contributed by atoms with van der Waals surface area (Å²) in [5.41, 5.74) is 0.844. The quantitative estimate of drug-likeness (QED) is 0.638. The summed E-state index contributed by atoms with van der Waals surface area (Å²) in [6, 6.07) is 9.41. The molecule has 0 amide bonds. The van der Waals surface area contributed by atoms with Gasteiger partial charge in [-0.15, -0.1) is 0 Å². The van der Waals surface area contributed by atoms with Crippen LogP contribution in [0.25, 0.3) is 0 Å². The minimum atomic E-state index is -0.453. The van der Waals surface area contributed by atoms with Gasteiger partial charge in [-0.3, -0.25) is 10.1 Å². The molecule has 0 radical (unpaired) electrons. The van der Waals surface area contributed by atoms with Gasteiger partial charge in [-0.05, 0) is 41.1 Å². The van der Waals surface area contributed by atoms with Gasteiger partial charge in [-0.2, -0.15) is 0 Å². The highest BCUT2D eigenvalue weighted by Crippen LogP contribution is 2.24. The van der Waals surface area contributed by atoms with Crippen LogP contribution in [0.1, 0.15) is 5.69 Å². The van der Waals surface area contributed by atoms with Crippen molar-refractivity contribution in [3.05, 3.63) is 56.7 Å². The van der Waals surface area contributed by atoms with Crippen LogP contribution >= 0.6 is 15.9 Å². The first-order valence-electron chi connectivity index (χ1n) is 5.12. The van der Waals surface area contributed by atoms with Crippen molar-refractivity contribution in [3.63, 3.8) is 0 Å². The summed E-state index contributed by atoms with van der Waals surface area (Å²) < 4.78 is 6.40. The van der Waals surface area contributed by atoms with E-state index in [1.54, 1.807) is 6.07 Å². The molecule has 1 heterocycles. The minimum absolute atomic E-state index is 0.0299. The fourth-order valence-corrected chi connectivity index (χ4v) is 1.56. The summed E-state index contributed by atoms with van der Waals surface area (Å²) in [7, 11) is 0. The first-order valence-corrected chi connectivity index (χ1v) is 5.91. The van der Waals surface area contributed by atoms with E-state index in [-0.39, 0.29) is 5.69 Å². The molecule has 0 N–H and O–H groups in total. The van der Waals surface area contributed by atoms with Crippen molar-refractivity contribution in [2.24, 2.45) is 0 Å². The Labute approximate surface area is 112 Å². The van der Waals surface area contributed by atoms with E-state index in [0.29, 0.717) is 11.6 Å². The maximum atomic E-state index is 10.5. The van der Waals surface area contributed by atoms with Crippen LogP contribution in [-0.2, 0) is 0 Å². The average molecular weight is 309 g/mol. The predicted molar refractivity (Wildman–Crippen MR) is 69.8 cm³/mol. The number of nitro benzene ring substituents is 1. The van der Waals surface area contributed by atoms with Crippen molar-refractivity contribution >= 4 is 21.6 Å². The lowest BCUT2D eigenvalue weighted by atomic mass is 10.3. The number of ether oxygens (including phenoxy) is 1. The molecule has 0 aliphatic carbocycles. The molecule has 0 saturated heterocycles. The van der Waals surface area contributed by atoms with Gasteiger partial charge in [-0.1, -0.05) is 0 Å². The van der Waals surface area contributed by atoms with Gasteiger partial charge in [0.2, 0.25) is 5.88 Å². The van der Waals surface area contributed by atoms with Gasteiger partial charge >= 0.3 is 0 Å². The maximum absolute atomic E-state index is 10.5. The van der Waals surface area contributed by atoms with E-state index in [9.17, 15) is 10.1 Å². The van der Waals surface area contributed by atoms with Gasteiger partial charge in [0.1, 0.15) is 5.75 Å². The Bertz CT molecular complexity index is 584. The highest BCUT2D eigenvalue weighted by atomic mass is 79.9. The van der Waals surface area contributed by atoms with E-state index in [0.717, 1.165) is 10.2 Å². The fraction of sp³-hybridized carbons (Fsp3) is 0.0833. The molecular formula is C12H9BrN2O3. The molecule has 2 rings (SSSR count). The standard InChI is InChI=1S/C12H9BrN2O3/c1-8-11(13)6-7-12(14-8)18-10-4-2-9(3-5-10)15(16)17/h2-7H,1H3. The smallest absolute Gasteiger partial charge is 0.269 e. The van der Waals surface area contributed by atoms with Crippen molar-refractivity contribution in [1.82, 2.24) is 4.98 Å². The number of pyridine rings is 1. The van der Waals surface area contributed by atoms with Crippen molar-refractivity contribution in [2.75, 3.05) is 0 Å². The molecule has 0 aliphatic heterocycles. The van der Waals surface area contributed by atoms with Crippen molar-refractivity contribution in [3.8, 4) is 11.6 Å². The SMILES string of the molecule is Cc1nc(Oc2ccc([N+](=O)[O-])cc2)ccc1Br. The summed E-state index contributed by atoms with van der Waals surface area (Å²) in [5.74, 6) is 0.958. The molecule has 0 atom stereocenters. The Balaban J connectivity index is 2.18. The number of benzene rings is 1. The zero-order valence-corrected chi connectivity index (χ0v) is 11.0. The van der Waals surface area contributed by atoms with E-state index < -0.39 is 4.92 Å². The summed E-state index contributed by atoms with van der Waals surface area (Å²) in [4.78, 5) is 14.3. The summed E-state index contributed by atoms with van der Waals surface area (Å²) in [6.45, 7) is 1.85. The van der Waals surface area contributed by atoms with Gasteiger partial charge in [0.25, 0.3) is 5.69 Å². The number of nitrogens with zero attached hydrogens (tertiary/aromatic N) is 2. The van der Waals surface area contributed by atoms with E-state index in [4.69, 9.17) is 4.74 Å². The third-order valence-electron chi connectivity index (χ3n) is 2.27. The molecule has 0 bridgehead atoms. The van der Waals surface area contributed by atoms with Crippen LogP contribution in [0.3, 0.4) is 0 Å². The van der Waals surface area contributed by atoms with E-state index in [2.05, 4.69) is 20.9 Å². The van der Waals surface area contributed by atoms with Crippen molar-refractivity contribution < 1.29 is 9.66 Å². The largest absolute Gasteiger partial charge is 0.439 e. The van der Waals surface area contributed by atoms with E-state index >= 15 is 0 Å². The van der Waals surface area contributed by atoms with Crippen LogP contribution in [0, 0.1) is 17.0 Å².